The molecule has 86 valence electrons. The molecule has 3 heteroatoms. The van der Waals surface area contributed by atoms with Crippen molar-refractivity contribution < 1.29 is 9.90 Å². The van der Waals surface area contributed by atoms with Gasteiger partial charge in [0.15, 0.2) is 0 Å². The lowest BCUT2D eigenvalue weighted by Crippen LogP contribution is -1.92. The van der Waals surface area contributed by atoms with Crippen LogP contribution >= 0.6 is 11.6 Å². The summed E-state index contributed by atoms with van der Waals surface area (Å²) in [6, 6.07) is 0. The molecular formula is C11H23ClO2. The number of carboxylic acid groups (broad SMARTS) is 1. The second-order valence-electron chi connectivity index (χ2n) is 3.25. The molecule has 2 nitrogen and oxygen atoms in total. The van der Waals surface area contributed by atoms with E-state index in [4.69, 9.17) is 16.7 Å². The SMILES string of the molecule is CCCCCC(=O)O.CCCCCCl. The van der Waals surface area contributed by atoms with Gasteiger partial charge in [-0.05, 0) is 12.8 Å². The van der Waals surface area contributed by atoms with Crippen LogP contribution in [0.1, 0.15) is 58.8 Å². The Morgan fingerprint density at radius 3 is 1.86 bits per heavy atom. The van der Waals surface area contributed by atoms with Gasteiger partial charge >= 0.3 is 5.97 Å². The van der Waals surface area contributed by atoms with E-state index < -0.39 is 5.97 Å². The van der Waals surface area contributed by atoms with Crippen LogP contribution in [0.3, 0.4) is 0 Å². The Labute approximate surface area is 92.7 Å². The van der Waals surface area contributed by atoms with Crippen molar-refractivity contribution in [2.24, 2.45) is 0 Å². The number of hydrogen-bond acceptors (Lipinski definition) is 1. The van der Waals surface area contributed by atoms with Crippen LogP contribution in [0.15, 0.2) is 0 Å². The average Bonchev–Trinajstić information content (AvgIpc) is 2.16. The number of alkyl halides is 1. The monoisotopic (exact) mass is 222 g/mol. The average molecular weight is 223 g/mol. The lowest BCUT2D eigenvalue weighted by atomic mass is 10.2. The number of carboxylic acids is 1. The summed E-state index contributed by atoms with van der Waals surface area (Å²) in [5.74, 6) is 0.145. The molecule has 0 aliphatic heterocycles. The molecule has 0 amide bonds. The Kier molecular flexibility index (Phi) is 17.6. The first-order valence-electron chi connectivity index (χ1n) is 5.46. The fourth-order valence-corrected chi connectivity index (χ4v) is 1.06. The number of aliphatic carboxylic acids is 1. The summed E-state index contributed by atoms with van der Waals surface area (Å²) in [7, 11) is 0. The molecule has 0 spiro atoms. The minimum atomic E-state index is -0.682. The normalized spacial score (nSPS) is 9.07. The first kappa shape index (κ1) is 16.2. The third kappa shape index (κ3) is 22.6. The van der Waals surface area contributed by atoms with E-state index in [1.807, 2.05) is 0 Å². The van der Waals surface area contributed by atoms with Gasteiger partial charge in [0, 0.05) is 12.3 Å². The van der Waals surface area contributed by atoms with Crippen molar-refractivity contribution in [3.8, 4) is 0 Å². The predicted molar refractivity (Wildman–Crippen MR) is 62.0 cm³/mol. The van der Waals surface area contributed by atoms with E-state index >= 15 is 0 Å². The second kappa shape index (κ2) is 15.2. The maximum Gasteiger partial charge on any atom is 0.303 e. The van der Waals surface area contributed by atoms with E-state index in [1.54, 1.807) is 0 Å². The highest BCUT2D eigenvalue weighted by Crippen LogP contribution is 1.97. The number of halogens is 1. The first-order chi connectivity index (χ1) is 6.68. The van der Waals surface area contributed by atoms with E-state index in [9.17, 15) is 4.79 Å². The zero-order chi connectivity index (χ0) is 11.2. The number of hydrogen-bond donors (Lipinski definition) is 1. The summed E-state index contributed by atoms with van der Waals surface area (Å²) in [5.41, 5.74) is 0. The third-order valence-corrected chi connectivity index (χ3v) is 2.00. The minimum absolute atomic E-state index is 0.327. The molecule has 0 radical (unpaired) electrons. The number of carbonyl (C=O) groups is 1. The summed E-state index contributed by atoms with van der Waals surface area (Å²) in [6.45, 7) is 4.23. The van der Waals surface area contributed by atoms with Gasteiger partial charge in [-0.1, -0.05) is 39.5 Å². The van der Waals surface area contributed by atoms with Gasteiger partial charge in [-0.25, -0.2) is 0 Å². The van der Waals surface area contributed by atoms with Crippen LogP contribution in [0, 0.1) is 0 Å². The van der Waals surface area contributed by atoms with Crippen molar-refractivity contribution in [2.45, 2.75) is 58.8 Å². The molecule has 0 saturated heterocycles. The van der Waals surface area contributed by atoms with Crippen LogP contribution in [0.2, 0.25) is 0 Å². The molecule has 0 heterocycles. The van der Waals surface area contributed by atoms with E-state index in [0.29, 0.717) is 6.42 Å². The van der Waals surface area contributed by atoms with Crippen molar-refractivity contribution in [3.63, 3.8) is 0 Å². The topological polar surface area (TPSA) is 37.3 Å². The lowest BCUT2D eigenvalue weighted by molar-refractivity contribution is -0.137. The maximum atomic E-state index is 9.87. The van der Waals surface area contributed by atoms with E-state index in [2.05, 4.69) is 13.8 Å². The second-order valence-corrected chi connectivity index (χ2v) is 3.62. The maximum absolute atomic E-state index is 9.87. The van der Waals surface area contributed by atoms with E-state index in [-0.39, 0.29) is 0 Å². The molecule has 0 bridgehead atoms. The first-order valence-corrected chi connectivity index (χ1v) is 6.00. The predicted octanol–water partition coefficient (Wildman–Crippen LogP) is 4.07. The standard InChI is InChI=1S/C6H12O2.C5H11Cl/c1-2-3-4-5-6(7)8;1-2-3-4-5-6/h2-5H2,1H3,(H,7,8);2-5H2,1H3. The van der Waals surface area contributed by atoms with Gasteiger partial charge in [-0.2, -0.15) is 0 Å². The van der Waals surface area contributed by atoms with E-state index in [0.717, 1.165) is 25.1 Å². The van der Waals surface area contributed by atoms with Crippen LogP contribution in [0.5, 0.6) is 0 Å². The van der Waals surface area contributed by atoms with Gasteiger partial charge < -0.3 is 5.11 Å². The van der Waals surface area contributed by atoms with Gasteiger partial charge in [-0.3, -0.25) is 4.79 Å². The molecule has 0 aliphatic carbocycles. The molecule has 0 atom stereocenters. The Morgan fingerprint density at radius 1 is 1.07 bits per heavy atom. The van der Waals surface area contributed by atoms with Crippen molar-refractivity contribution in [3.05, 3.63) is 0 Å². The van der Waals surface area contributed by atoms with Crippen molar-refractivity contribution in [1.82, 2.24) is 0 Å². The fourth-order valence-electron chi connectivity index (χ4n) is 0.871. The molecule has 0 rings (SSSR count). The van der Waals surface area contributed by atoms with Crippen LogP contribution in [-0.2, 0) is 4.79 Å². The molecule has 1 N–H and O–H groups in total. The molecule has 0 aromatic carbocycles. The summed E-state index contributed by atoms with van der Waals surface area (Å²) >= 11 is 5.38. The van der Waals surface area contributed by atoms with Crippen LogP contribution in [0.25, 0.3) is 0 Å². The van der Waals surface area contributed by atoms with Gasteiger partial charge in [0.25, 0.3) is 0 Å². The largest absolute Gasteiger partial charge is 0.481 e. The van der Waals surface area contributed by atoms with Crippen LogP contribution < -0.4 is 0 Å². The van der Waals surface area contributed by atoms with Crippen molar-refractivity contribution in [2.75, 3.05) is 5.88 Å². The highest BCUT2D eigenvalue weighted by Gasteiger charge is 1.92. The highest BCUT2D eigenvalue weighted by atomic mass is 35.5. The Balaban J connectivity index is 0. The molecule has 0 unspecified atom stereocenters. The van der Waals surface area contributed by atoms with Gasteiger partial charge in [-0.15, -0.1) is 11.6 Å². The van der Waals surface area contributed by atoms with Crippen LogP contribution in [0.4, 0.5) is 0 Å². The van der Waals surface area contributed by atoms with Gasteiger partial charge in [0.1, 0.15) is 0 Å². The van der Waals surface area contributed by atoms with Crippen molar-refractivity contribution in [1.29, 1.82) is 0 Å². The summed E-state index contributed by atoms with van der Waals surface area (Å²) in [5, 5.41) is 8.14. The minimum Gasteiger partial charge on any atom is -0.481 e. The fraction of sp³-hybridized carbons (Fsp3) is 0.909. The zero-order valence-electron chi connectivity index (χ0n) is 9.39. The lowest BCUT2D eigenvalue weighted by Gasteiger charge is -1.89. The molecule has 0 aromatic rings. The molecule has 0 aromatic heterocycles. The Bertz CT molecular complexity index is 112. The Morgan fingerprint density at radius 2 is 1.57 bits per heavy atom. The molecule has 0 aliphatic rings. The van der Waals surface area contributed by atoms with E-state index in [1.165, 1.54) is 19.3 Å². The zero-order valence-corrected chi connectivity index (χ0v) is 10.1. The third-order valence-electron chi connectivity index (χ3n) is 1.73. The quantitative estimate of drug-likeness (QED) is 0.521. The number of unbranched alkanes of at least 4 members (excludes halogenated alkanes) is 4. The molecular weight excluding hydrogens is 200 g/mol. The van der Waals surface area contributed by atoms with Crippen molar-refractivity contribution >= 4 is 17.6 Å². The number of rotatable bonds is 7. The van der Waals surface area contributed by atoms with Crippen LogP contribution in [-0.4, -0.2) is 17.0 Å². The molecule has 0 fully saturated rings. The summed E-state index contributed by atoms with van der Waals surface area (Å²) in [4.78, 5) is 9.87. The van der Waals surface area contributed by atoms with Gasteiger partial charge in [0.05, 0.1) is 0 Å². The highest BCUT2D eigenvalue weighted by molar-refractivity contribution is 6.17. The summed E-state index contributed by atoms with van der Waals surface area (Å²) in [6.07, 6.45) is 7.01. The smallest absolute Gasteiger partial charge is 0.303 e. The van der Waals surface area contributed by atoms with Gasteiger partial charge in [0.2, 0.25) is 0 Å². The molecule has 0 saturated carbocycles. The Hall–Kier alpha value is -0.240. The summed E-state index contributed by atoms with van der Waals surface area (Å²) < 4.78 is 0. The molecule has 14 heavy (non-hydrogen) atoms.